The lowest BCUT2D eigenvalue weighted by Gasteiger charge is -2.31. The second-order valence-electron chi connectivity index (χ2n) is 9.80. The van der Waals surface area contributed by atoms with Crippen molar-refractivity contribution in [2.75, 3.05) is 13.7 Å². The number of rotatable bonds is 10. The van der Waals surface area contributed by atoms with Gasteiger partial charge in [-0.2, -0.15) is 0 Å². The van der Waals surface area contributed by atoms with E-state index < -0.39 is 23.8 Å². The highest BCUT2D eigenvalue weighted by Crippen LogP contribution is 2.18. The molecule has 0 saturated heterocycles. The Hall–Kier alpha value is -2.57. The minimum Gasteiger partial charge on any atom is -0.497 e. The van der Waals surface area contributed by atoms with Crippen molar-refractivity contribution < 1.29 is 19.4 Å². The Bertz CT molecular complexity index is 846. The first-order chi connectivity index (χ1) is 15.0. The molecule has 0 radical (unpaired) electrons. The van der Waals surface area contributed by atoms with E-state index in [0.29, 0.717) is 13.0 Å². The first-order valence-electron chi connectivity index (χ1n) is 11.1. The number of hydrogen-bond acceptors (Lipinski definition) is 5. The molecule has 0 unspecified atom stereocenters. The van der Waals surface area contributed by atoms with Gasteiger partial charge in [0.05, 0.1) is 19.3 Å². The van der Waals surface area contributed by atoms with Crippen molar-refractivity contribution in [2.24, 2.45) is 0 Å². The minimum atomic E-state index is -0.799. The third kappa shape index (κ3) is 9.28. The van der Waals surface area contributed by atoms with Gasteiger partial charge in [-0.1, -0.05) is 42.5 Å². The molecule has 176 valence electrons. The Kier molecular flexibility index (Phi) is 9.10. The first-order valence-corrected chi connectivity index (χ1v) is 11.1. The minimum absolute atomic E-state index is 0.267. The highest BCUT2D eigenvalue weighted by molar-refractivity contribution is 5.68. The fraction of sp³-hybridized carbons (Fsp3) is 0.500. The number of aliphatic hydroxyl groups excluding tert-OH is 1. The summed E-state index contributed by atoms with van der Waals surface area (Å²) in [6.07, 6.45) is -0.0700. The number of amides is 1. The zero-order valence-electron chi connectivity index (χ0n) is 20.1. The zero-order valence-corrected chi connectivity index (χ0v) is 20.1. The van der Waals surface area contributed by atoms with Crippen molar-refractivity contribution in [3.63, 3.8) is 0 Å². The monoisotopic (exact) mass is 442 g/mol. The summed E-state index contributed by atoms with van der Waals surface area (Å²) in [4.78, 5) is 12.4. The van der Waals surface area contributed by atoms with Crippen molar-refractivity contribution in [1.29, 1.82) is 0 Å². The van der Waals surface area contributed by atoms with Gasteiger partial charge in [-0.25, -0.2) is 4.79 Å². The van der Waals surface area contributed by atoms with Crippen LogP contribution in [0, 0.1) is 0 Å². The second kappa shape index (κ2) is 11.3. The molecule has 0 saturated carbocycles. The van der Waals surface area contributed by atoms with Crippen LogP contribution in [0.4, 0.5) is 4.79 Å². The number of aliphatic hydroxyl groups is 1. The molecule has 32 heavy (non-hydrogen) atoms. The number of carbonyl (C=O) groups is 1. The lowest BCUT2D eigenvalue weighted by atomic mass is 9.93. The van der Waals surface area contributed by atoms with Crippen LogP contribution in [0.3, 0.4) is 0 Å². The van der Waals surface area contributed by atoms with Gasteiger partial charge < -0.3 is 25.2 Å². The molecule has 0 aliphatic rings. The van der Waals surface area contributed by atoms with Crippen molar-refractivity contribution in [2.45, 2.75) is 70.7 Å². The van der Waals surface area contributed by atoms with Crippen LogP contribution in [-0.4, -0.2) is 48.1 Å². The number of ether oxygens (including phenoxy) is 2. The fourth-order valence-corrected chi connectivity index (χ4v) is 3.49. The highest BCUT2D eigenvalue weighted by Gasteiger charge is 2.27. The maximum Gasteiger partial charge on any atom is 0.407 e. The Balaban J connectivity index is 2.03. The van der Waals surface area contributed by atoms with Crippen LogP contribution >= 0.6 is 0 Å². The summed E-state index contributed by atoms with van der Waals surface area (Å²) in [5, 5.41) is 17.3. The average Bonchev–Trinajstić information content (AvgIpc) is 2.71. The Morgan fingerprint density at radius 1 is 1.00 bits per heavy atom. The molecule has 0 spiro atoms. The summed E-state index contributed by atoms with van der Waals surface area (Å²) in [6.45, 7) is 9.96. The zero-order chi connectivity index (χ0) is 23.8. The Labute approximate surface area is 192 Å². The fourth-order valence-electron chi connectivity index (χ4n) is 3.49. The largest absolute Gasteiger partial charge is 0.497 e. The maximum atomic E-state index is 12.4. The van der Waals surface area contributed by atoms with E-state index in [9.17, 15) is 9.90 Å². The number of methoxy groups -OCH3 is 1. The van der Waals surface area contributed by atoms with Crippen LogP contribution in [0.15, 0.2) is 54.6 Å². The number of nitrogens with one attached hydrogen (secondary N) is 2. The molecule has 2 atom stereocenters. The molecule has 0 fully saturated rings. The maximum absolute atomic E-state index is 12.4. The molecule has 0 heterocycles. The van der Waals surface area contributed by atoms with E-state index in [0.717, 1.165) is 23.3 Å². The van der Waals surface area contributed by atoms with Gasteiger partial charge in [0.25, 0.3) is 0 Å². The third-order valence-corrected chi connectivity index (χ3v) is 5.04. The molecule has 2 rings (SSSR count). The number of alkyl carbamates (subject to hydrolysis) is 1. The van der Waals surface area contributed by atoms with Crippen LogP contribution in [0.5, 0.6) is 5.75 Å². The highest BCUT2D eigenvalue weighted by atomic mass is 16.6. The van der Waals surface area contributed by atoms with Gasteiger partial charge in [-0.15, -0.1) is 0 Å². The van der Waals surface area contributed by atoms with E-state index in [-0.39, 0.29) is 5.54 Å². The van der Waals surface area contributed by atoms with Crippen molar-refractivity contribution >= 4 is 6.09 Å². The van der Waals surface area contributed by atoms with Gasteiger partial charge in [0, 0.05) is 12.1 Å². The SMILES string of the molecule is COc1cccc(CC(C)(C)NC[C@@H](O)[C@H](Cc2ccccc2)NC(=O)OC(C)(C)C)c1. The quantitative estimate of drug-likeness (QED) is 0.516. The van der Waals surface area contributed by atoms with Crippen LogP contribution in [0.1, 0.15) is 45.7 Å². The van der Waals surface area contributed by atoms with Gasteiger partial charge in [0.2, 0.25) is 0 Å². The van der Waals surface area contributed by atoms with E-state index in [2.05, 4.69) is 30.5 Å². The molecule has 0 bridgehead atoms. The van der Waals surface area contributed by atoms with Crippen LogP contribution < -0.4 is 15.4 Å². The van der Waals surface area contributed by atoms with Gasteiger partial charge >= 0.3 is 6.09 Å². The van der Waals surface area contributed by atoms with Gasteiger partial charge in [0.1, 0.15) is 11.4 Å². The summed E-state index contributed by atoms with van der Waals surface area (Å²) in [7, 11) is 1.66. The van der Waals surface area contributed by atoms with Crippen LogP contribution in [-0.2, 0) is 17.6 Å². The summed E-state index contributed by atoms with van der Waals surface area (Å²) < 4.78 is 10.7. The number of β-amino-alcohol motifs (C(OH)–C–C–N with tert-alkyl or cyclic N) is 1. The Morgan fingerprint density at radius 3 is 2.28 bits per heavy atom. The smallest absolute Gasteiger partial charge is 0.407 e. The van der Waals surface area contributed by atoms with Crippen molar-refractivity contribution in [3.8, 4) is 5.75 Å². The topological polar surface area (TPSA) is 79.8 Å². The Morgan fingerprint density at radius 2 is 1.66 bits per heavy atom. The molecular formula is C26H38N2O4. The second-order valence-corrected chi connectivity index (χ2v) is 9.80. The molecule has 1 amide bonds. The average molecular weight is 443 g/mol. The van der Waals surface area contributed by atoms with E-state index in [1.807, 2.05) is 69.3 Å². The summed E-state index contributed by atoms with van der Waals surface area (Å²) >= 11 is 0. The molecular weight excluding hydrogens is 404 g/mol. The van der Waals surface area contributed by atoms with Crippen LogP contribution in [0.25, 0.3) is 0 Å². The lowest BCUT2D eigenvalue weighted by molar-refractivity contribution is 0.0416. The summed E-state index contributed by atoms with van der Waals surface area (Å²) in [6, 6.07) is 17.3. The molecule has 6 nitrogen and oxygen atoms in total. The number of hydrogen-bond donors (Lipinski definition) is 3. The predicted molar refractivity (Wildman–Crippen MR) is 128 cm³/mol. The van der Waals surface area contributed by atoms with E-state index in [1.165, 1.54) is 0 Å². The predicted octanol–water partition coefficient (Wildman–Crippen LogP) is 4.10. The molecule has 0 aromatic heterocycles. The summed E-state index contributed by atoms with van der Waals surface area (Å²) in [5.41, 5.74) is 1.30. The lowest BCUT2D eigenvalue weighted by Crippen LogP contribution is -2.53. The normalized spacial score (nSPS) is 13.8. The molecule has 2 aromatic carbocycles. The van der Waals surface area contributed by atoms with E-state index in [4.69, 9.17) is 9.47 Å². The third-order valence-electron chi connectivity index (χ3n) is 5.04. The van der Waals surface area contributed by atoms with Gasteiger partial charge in [0.15, 0.2) is 0 Å². The molecule has 2 aromatic rings. The number of carbonyl (C=O) groups excluding carboxylic acids is 1. The molecule has 0 aliphatic carbocycles. The first kappa shape index (κ1) is 25.7. The number of benzene rings is 2. The van der Waals surface area contributed by atoms with E-state index >= 15 is 0 Å². The van der Waals surface area contributed by atoms with Crippen molar-refractivity contribution in [3.05, 3.63) is 65.7 Å². The molecule has 0 aliphatic heterocycles. The van der Waals surface area contributed by atoms with Crippen LogP contribution in [0.2, 0.25) is 0 Å². The van der Waals surface area contributed by atoms with Gasteiger partial charge in [-0.3, -0.25) is 0 Å². The molecule has 3 N–H and O–H groups in total. The molecule has 6 heteroatoms. The van der Waals surface area contributed by atoms with Gasteiger partial charge in [-0.05, 0) is 70.7 Å². The van der Waals surface area contributed by atoms with Crippen molar-refractivity contribution in [1.82, 2.24) is 10.6 Å². The standard InChI is InChI=1S/C26H38N2O4/c1-25(2,3)32-24(30)28-22(16-19-11-8-7-9-12-19)23(29)18-27-26(4,5)17-20-13-10-14-21(15-20)31-6/h7-15,22-23,27,29H,16-18H2,1-6H3,(H,28,30)/t22-,23+/m0/s1. The van der Waals surface area contributed by atoms with E-state index in [1.54, 1.807) is 7.11 Å². The summed E-state index contributed by atoms with van der Waals surface area (Å²) in [5.74, 6) is 0.822.